The number of nitrogens with one attached hydrogen (secondary N) is 1. The van der Waals surface area contributed by atoms with Crippen molar-refractivity contribution in [3.63, 3.8) is 0 Å². The highest BCUT2D eigenvalue weighted by Crippen LogP contribution is 2.28. The third-order valence-electron chi connectivity index (χ3n) is 5.74. The van der Waals surface area contributed by atoms with E-state index in [9.17, 15) is 18.0 Å². The van der Waals surface area contributed by atoms with Gasteiger partial charge in [-0.3, -0.25) is 13.9 Å². The number of rotatable bonds is 12. The Balaban J connectivity index is 2.14. The van der Waals surface area contributed by atoms with Gasteiger partial charge in [0.1, 0.15) is 6.04 Å². The average Bonchev–Trinajstić information content (AvgIpc) is 2.78. The van der Waals surface area contributed by atoms with Gasteiger partial charge in [-0.2, -0.15) is 0 Å². The minimum absolute atomic E-state index is 0.0414. The molecule has 0 saturated heterocycles. The van der Waals surface area contributed by atoms with Crippen LogP contribution in [-0.4, -0.2) is 56.6 Å². The van der Waals surface area contributed by atoms with E-state index in [0.29, 0.717) is 35.7 Å². The molecule has 2 rings (SSSR count). The first-order valence-corrected chi connectivity index (χ1v) is 14.0. The van der Waals surface area contributed by atoms with Crippen LogP contribution in [0.5, 0.6) is 0 Å². The largest absolute Gasteiger partial charge is 0.352 e. The van der Waals surface area contributed by atoms with Crippen LogP contribution in [0.25, 0.3) is 0 Å². The van der Waals surface area contributed by atoms with E-state index in [1.165, 1.54) is 4.31 Å². The lowest BCUT2D eigenvalue weighted by Crippen LogP contribution is -2.50. The number of carbonyl (C=O) groups is 2. The summed E-state index contributed by atoms with van der Waals surface area (Å²) in [5.74, 6) is -0.405. The number of anilines is 1. The number of carbonyl (C=O) groups excluding carboxylic acids is 2. The van der Waals surface area contributed by atoms with Gasteiger partial charge in [-0.25, -0.2) is 8.42 Å². The molecule has 1 unspecified atom stereocenters. The van der Waals surface area contributed by atoms with E-state index >= 15 is 0 Å². The quantitative estimate of drug-likeness (QED) is 0.454. The van der Waals surface area contributed by atoms with Crippen LogP contribution in [0, 0.1) is 6.92 Å². The maximum Gasteiger partial charge on any atom is 0.242 e. The fourth-order valence-electron chi connectivity index (χ4n) is 3.82. The number of hydrogen-bond donors (Lipinski definition) is 1. The molecule has 2 amide bonds. The molecule has 7 nitrogen and oxygen atoms in total. The maximum atomic E-state index is 13.2. The Kier molecular flexibility index (Phi) is 10.6. The summed E-state index contributed by atoms with van der Waals surface area (Å²) in [4.78, 5) is 27.5. The van der Waals surface area contributed by atoms with Crippen molar-refractivity contribution in [2.45, 2.75) is 59.0 Å². The summed E-state index contributed by atoms with van der Waals surface area (Å²) in [5, 5.41) is 3.35. The monoisotopic (exact) mass is 521 g/mol. The van der Waals surface area contributed by atoms with E-state index in [1.54, 1.807) is 36.9 Å². The van der Waals surface area contributed by atoms with Crippen LogP contribution in [0.4, 0.5) is 5.69 Å². The van der Waals surface area contributed by atoms with Gasteiger partial charge < -0.3 is 10.2 Å². The molecule has 9 heteroatoms. The molecule has 0 aromatic heterocycles. The summed E-state index contributed by atoms with van der Waals surface area (Å²) in [6, 6.07) is 14.2. The van der Waals surface area contributed by atoms with E-state index in [1.807, 2.05) is 44.2 Å². The Morgan fingerprint density at radius 1 is 1.00 bits per heavy atom. The van der Waals surface area contributed by atoms with Crippen LogP contribution in [-0.2, 0) is 26.0 Å². The molecule has 0 saturated carbocycles. The molecule has 0 aliphatic heterocycles. The Morgan fingerprint density at radius 3 is 2.26 bits per heavy atom. The SMILES string of the molecule is Cc1c(Cl)cccc1N(CCCC(=O)N(CCc1ccccc1)C(C)C(=O)NC(C)C)S(C)(=O)=O. The van der Waals surface area contributed by atoms with Crippen molar-refractivity contribution in [1.82, 2.24) is 10.2 Å². The van der Waals surface area contributed by atoms with Crippen molar-refractivity contribution >= 4 is 39.1 Å². The van der Waals surface area contributed by atoms with Crippen LogP contribution < -0.4 is 9.62 Å². The van der Waals surface area contributed by atoms with Crippen molar-refractivity contribution in [1.29, 1.82) is 0 Å². The molecule has 1 atom stereocenters. The van der Waals surface area contributed by atoms with E-state index in [0.717, 1.165) is 11.8 Å². The lowest BCUT2D eigenvalue weighted by Gasteiger charge is -2.30. The first-order chi connectivity index (χ1) is 16.4. The topological polar surface area (TPSA) is 86.8 Å². The standard InChI is InChI=1S/C26H36ClN3O4S/c1-19(2)28-26(32)21(4)29(18-16-22-11-7-6-8-12-22)25(31)15-10-17-30(35(5,33)34)24-14-9-13-23(27)20(24)3/h6-9,11-14,19,21H,10,15-18H2,1-5H3,(H,28,32). The van der Waals surface area contributed by atoms with E-state index in [2.05, 4.69) is 5.32 Å². The van der Waals surface area contributed by atoms with Gasteiger partial charge in [0.2, 0.25) is 21.8 Å². The first-order valence-electron chi connectivity index (χ1n) is 11.8. The third kappa shape index (κ3) is 8.54. The molecule has 0 aliphatic carbocycles. The number of sulfonamides is 1. The lowest BCUT2D eigenvalue weighted by molar-refractivity contribution is -0.140. The number of amides is 2. The molecule has 1 N–H and O–H groups in total. The number of nitrogens with zero attached hydrogens (tertiary/aromatic N) is 2. The van der Waals surface area contributed by atoms with Gasteiger partial charge in [0, 0.05) is 30.6 Å². The van der Waals surface area contributed by atoms with Gasteiger partial charge in [-0.15, -0.1) is 0 Å². The second-order valence-corrected chi connectivity index (χ2v) is 11.3. The molecule has 2 aromatic carbocycles. The van der Waals surface area contributed by atoms with Gasteiger partial charge in [0.05, 0.1) is 11.9 Å². The maximum absolute atomic E-state index is 13.2. The van der Waals surface area contributed by atoms with Crippen LogP contribution >= 0.6 is 11.6 Å². The molecule has 0 fully saturated rings. The van der Waals surface area contributed by atoms with Gasteiger partial charge >= 0.3 is 0 Å². The molecule has 0 aliphatic rings. The molecule has 192 valence electrons. The van der Waals surface area contributed by atoms with Crippen molar-refractivity contribution < 1.29 is 18.0 Å². The Hall–Kier alpha value is -2.58. The summed E-state index contributed by atoms with van der Waals surface area (Å²) in [7, 11) is -3.58. The van der Waals surface area contributed by atoms with Crippen LogP contribution in [0.15, 0.2) is 48.5 Å². The van der Waals surface area contributed by atoms with E-state index in [4.69, 9.17) is 11.6 Å². The second kappa shape index (κ2) is 12.9. The fraction of sp³-hybridized carbons (Fsp3) is 0.462. The van der Waals surface area contributed by atoms with Crippen LogP contribution in [0.2, 0.25) is 5.02 Å². The highest BCUT2D eigenvalue weighted by atomic mass is 35.5. The van der Waals surface area contributed by atoms with Crippen LogP contribution in [0.3, 0.4) is 0 Å². The third-order valence-corrected chi connectivity index (χ3v) is 7.33. The van der Waals surface area contributed by atoms with Gasteiger partial charge in [-0.1, -0.05) is 48.0 Å². The summed E-state index contributed by atoms with van der Waals surface area (Å²) in [6.07, 6.45) is 2.17. The van der Waals surface area contributed by atoms with Crippen molar-refractivity contribution in [3.8, 4) is 0 Å². The van der Waals surface area contributed by atoms with Crippen molar-refractivity contribution in [2.24, 2.45) is 0 Å². The number of hydrogen-bond acceptors (Lipinski definition) is 4. The Bertz CT molecular complexity index is 1110. The van der Waals surface area contributed by atoms with E-state index < -0.39 is 16.1 Å². The average molecular weight is 522 g/mol. The summed E-state index contributed by atoms with van der Waals surface area (Å²) in [5.41, 5.74) is 2.23. The zero-order chi connectivity index (χ0) is 26.2. The van der Waals surface area contributed by atoms with Gasteiger partial charge in [0.25, 0.3) is 0 Å². The molecule has 0 radical (unpaired) electrons. The number of benzene rings is 2. The highest BCUT2D eigenvalue weighted by molar-refractivity contribution is 7.92. The van der Waals surface area contributed by atoms with Crippen molar-refractivity contribution in [3.05, 3.63) is 64.7 Å². The molecule has 0 spiro atoms. The molecule has 35 heavy (non-hydrogen) atoms. The smallest absolute Gasteiger partial charge is 0.242 e. The van der Waals surface area contributed by atoms with Crippen molar-refractivity contribution in [2.75, 3.05) is 23.7 Å². The summed E-state index contributed by atoms with van der Waals surface area (Å²) < 4.78 is 26.3. The molecular weight excluding hydrogens is 486 g/mol. The minimum Gasteiger partial charge on any atom is -0.352 e. The zero-order valence-corrected chi connectivity index (χ0v) is 22.7. The lowest BCUT2D eigenvalue weighted by atomic mass is 10.1. The number of halogens is 1. The second-order valence-electron chi connectivity index (χ2n) is 8.98. The predicted molar refractivity (Wildman–Crippen MR) is 142 cm³/mol. The van der Waals surface area contributed by atoms with Crippen LogP contribution in [0.1, 0.15) is 44.7 Å². The van der Waals surface area contributed by atoms with Gasteiger partial charge in [0.15, 0.2) is 0 Å². The van der Waals surface area contributed by atoms with Gasteiger partial charge in [-0.05, 0) is 63.8 Å². The van der Waals surface area contributed by atoms with E-state index in [-0.39, 0.29) is 30.8 Å². The molecule has 2 aromatic rings. The summed E-state index contributed by atoms with van der Waals surface area (Å²) >= 11 is 6.20. The predicted octanol–water partition coefficient (Wildman–Crippen LogP) is 4.18. The first kappa shape index (κ1) is 28.7. The minimum atomic E-state index is -3.58. The Morgan fingerprint density at radius 2 is 1.66 bits per heavy atom. The molecule has 0 bridgehead atoms. The Labute approximate surface area is 214 Å². The fourth-order valence-corrected chi connectivity index (χ4v) is 5.01. The summed E-state index contributed by atoms with van der Waals surface area (Å²) in [6.45, 7) is 7.75. The molecule has 0 heterocycles. The highest BCUT2D eigenvalue weighted by Gasteiger charge is 2.27. The normalized spacial score (nSPS) is 12.3. The zero-order valence-electron chi connectivity index (χ0n) is 21.1. The molecular formula is C26H36ClN3O4S.